The maximum Gasteiger partial charge on any atom is 0.263 e. The minimum absolute atomic E-state index is 0.0388. The fourth-order valence-electron chi connectivity index (χ4n) is 2.66. The van der Waals surface area contributed by atoms with Crippen molar-refractivity contribution in [2.75, 3.05) is 23.7 Å². The SMILES string of the molecule is COc1ccc(NS(=O)(=O)c2ccc(NS(=O)(=O)c3ccc(OC)c(Cl)c3Cl)cc2)cc1. The van der Waals surface area contributed by atoms with Gasteiger partial charge in [-0.1, -0.05) is 23.2 Å². The van der Waals surface area contributed by atoms with Crippen LogP contribution in [0.2, 0.25) is 10.0 Å². The highest BCUT2D eigenvalue weighted by Gasteiger charge is 2.22. The topological polar surface area (TPSA) is 111 Å². The third kappa shape index (κ3) is 5.21. The van der Waals surface area contributed by atoms with E-state index < -0.39 is 20.0 Å². The zero-order valence-corrected chi connectivity index (χ0v) is 19.9. The molecule has 0 aliphatic heterocycles. The van der Waals surface area contributed by atoms with Gasteiger partial charge in [-0.05, 0) is 60.7 Å². The van der Waals surface area contributed by atoms with Gasteiger partial charge in [-0.15, -0.1) is 0 Å². The fourth-order valence-corrected chi connectivity index (χ4v) is 5.62. The molecular weight excluding hydrogens is 499 g/mol. The molecular formula is C20H18Cl2N2O6S2. The Morgan fingerprint density at radius 1 is 0.656 bits per heavy atom. The van der Waals surface area contributed by atoms with Gasteiger partial charge in [-0.25, -0.2) is 16.8 Å². The Kier molecular flexibility index (Phi) is 7.09. The van der Waals surface area contributed by atoms with Crippen LogP contribution in [0.3, 0.4) is 0 Å². The summed E-state index contributed by atoms with van der Waals surface area (Å²) in [5.74, 6) is 0.817. The summed E-state index contributed by atoms with van der Waals surface area (Å²) in [5.41, 5.74) is 0.484. The normalized spacial score (nSPS) is 11.6. The predicted molar refractivity (Wildman–Crippen MR) is 124 cm³/mol. The first-order valence-electron chi connectivity index (χ1n) is 8.89. The molecule has 0 amide bonds. The summed E-state index contributed by atoms with van der Waals surface area (Å²) in [7, 11) is -5.10. The molecule has 0 heterocycles. The molecule has 0 saturated carbocycles. The van der Waals surface area contributed by atoms with E-state index in [-0.39, 0.29) is 31.3 Å². The second-order valence-corrected chi connectivity index (χ2v) is 10.4. The number of ether oxygens (including phenoxy) is 2. The van der Waals surface area contributed by atoms with Crippen LogP contribution in [0.25, 0.3) is 0 Å². The zero-order valence-electron chi connectivity index (χ0n) is 16.8. The van der Waals surface area contributed by atoms with E-state index in [9.17, 15) is 16.8 Å². The highest BCUT2D eigenvalue weighted by molar-refractivity contribution is 7.93. The molecule has 0 aromatic heterocycles. The van der Waals surface area contributed by atoms with E-state index in [1.54, 1.807) is 24.3 Å². The summed E-state index contributed by atoms with van der Waals surface area (Å²) in [6, 6.07) is 14.2. The Bertz CT molecular complexity index is 1330. The summed E-state index contributed by atoms with van der Waals surface area (Å²) in [6.45, 7) is 0. The minimum atomic E-state index is -4.09. The Hall–Kier alpha value is -2.66. The summed E-state index contributed by atoms with van der Waals surface area (Å²) in [5, 5.41) is -0.232. The Morgan fingerprint density at radius 2 is 1.19 bits per heavy atom. The molecule has 0 spiro atoms. The van der Waals surface area contributed by atoms with E-state index >= 15 is 0 Å². The number of benzene rings is 3. The predicted octanol–water partition coefficient (Wildman–Crippen LogP) is 4.61. The van der Waals surface area contributed by atoms with Gasteiger partial charge in [0.2, 0.25) is 0 Å². The molecule has 0 radical (unpaired) electrons. The number of nitrogens with one attached hydrogen (secondary N) is 2. The molecule has 3 rings (SSSR count). The molecule has 0 atom stereocenters. The van der Waals surface area contributed by atoms with Crippen LogP contribution < -0.4 is 18.9 Å². The van der Waals surface area contributed by atoms with Crippen molar-refractivity contribution in [3.63, 3.8) is 0 Å². The van der Waals surface area contributed by atoms with Crippen LogP contribution in [0.15, 0.2) is 70.5 Å². The molecule has 3 aromatic carbocycles. The number of hydrogen-bond acceptors (Lipinski definition) is 6. The van der Waals surface area contributed by atoms with Gasteiger partial charge in [0, 0.05) is 11.4 Å². The van der Waals surface area contributed by atoms with Gasteiger partial charge in [-0.3, -0.25) is 9.44 Å². The minimum Gasteiger partial charge on any atom is -0.497 e. The van der Waals surface area contributed by atoms with Gasteiger partial charge < -0.3 is 9.47 Å². The van der Waals surface area contributed by atoms with Crippen molar-refractivity contribution in [3.8, 4) is 11.5 Å². The monoisotopic (exact) mass is 516 g/mol. The van der Waals surface area contributed by atoms with Gasteiger partial charge >= 0.3 is 0 Å². The van der Waals surface area contributed by atoms with E-state index in [0.29, 0.717) is 11.4 Å². The Labute approximate surface area is 196 Å². The third-order valence-corrected chi connectivity index (χ3v) is 8.08. The number of hydrogen-bond donors (Lipinski definition) is 2. The number of rotatable bonds is 8. The van der Waals surface area contributed by atoms with Crippen molar-refractivity contribution in [1.29, 1.82) is 0 Å². The van der Waals surface area contributed by atoms with E-state index in [1.807, 2.05) is 0 Å². The summed E-state index contributed by atoms with van der Waals surface area (Å²) >= 11 is 12.1. The van der Waals surface area contributed by atoms with Crippen LogP contribution in [0.1, 0.15) is 0 Å². The zero-order chi connectivity index (χ0) is 23.5. The van der Waals surface area contributed by atoms with E-state index in [4.69, 9.17) is 32.7 Å². The van der Waals surface area contributed by atoms with Crippen molar-refractivity contribution >= 4 is 54.6 Å². The average molecular weight is 517 g/mol. The number of anilines is 2. The molecule has 0 aliphatic rings. The van der Waals surface area contributed by atoms with Crippen molar-refractivity contribution in [2.24, 2.45) is 0 Å². The van der Waals surface area contributed by atoms with Crippen LogP contribution in [0.4, 0.5) is 11.4 Å². The average Bonchev–Trinajstić information content (AvgIpc) is 2.76. The van der Waals surface area contributed by atoms with E-state index in [1.165, 1.54) is 50.6 Å². The summed E-state index contributed by atoms with van der Waals surface area (Å²) < 4.78 is 65.4. The first-order valence-corrected chi connectivity index (χ1v) is 12.6. The highest BCUT2D eigenvalue weighted by Crippen LogP contribution is 2.37. The quantitative estimate of drug-likeness (QED) is 0.452. The molecule has 0 fully saturated rings. The first-order chi connectivity index (χ1) is 15.1. The van der Waals surface area contributed by atoms with Crippen LogP contribution in [-0.2, 0) is 20.0 Å². The first kappa shape index (κ1) is 24.0. The van der Waals surface area contributed by atoms with Crippen molar-refractivity contribution in [2.45, 2.75) is 9.79 Å². The van der Waals surface area contributed by atoms with Crippen molar-refractivity contribution in [1.82, 2.24) is 0 Å². The molecule has 2 N–H and O–H groups in total. The summed E-state index contributed by atoms with van der Waals surface area (Å²) in [4.78, 5) is -0.301. The van der Waals surface area contributed by atoms with Gasteiger partial charge in [0.1, 0.15) is 21.4 Å². The molecule has 32 heavy (non-hydrogen) atoms. The smallest absolute Gasteiger partial charge is 0.263 e. The second-order valence-electron chi connectivity index (χ2n) is 6.36. The van der Waals surface area contributed by atoms with Crippen LogP contribution in [-0.4, -0.2) is 31.1 Å². The molecule has 0 aliphatic carbocycles. The Balaban J connectivity index is 1.80. The number of methoxy groups -OCH3 is 2. The van der Waals surface area contributed by atoms with Crippen LogP contribution in [0, 0.1) is 0 Å². The lowest BCUT2D eigenvalue weighted by Crippen LogP contribution is -2.15. The van der Waals surface area contributed by atoms with Gasteiger partial charge in [0.05, 0.1) is 24.1 Å². The molecule has 0 bridgehead atoms. The third-order valence-electron chi connectivity index (χ3n) is 4.28. The van der Waals surface area contributed by atoms with Crippen LogP contribution in [0.5, 0.6) is 11.5 Å². The Morgan fingerprint density at radius 3 is 1.72 bits per heavy atom. The lowest BCUT2D eigenvalue weighted by Gasteiger charge is -2.13. The van der Waals surface area contributed by atoms with Gasteiger partial charge in [0.25, 0.3) is 20.0 Å². The maximum atomic E-state index is 12.7. The molecule has 0 unspecified atom stereocenters. The van der Waals surface area contributed by atoms with Crippen molar-refractivity contribution in [3.05, 3.63) is 70.7 Å². The molecule has 3 aromatic rings. The maximum absolute atomic E-state index is 12.7. The largest absolute Gasteiger partial charge is 0.497 e. The lowest BCUT2D eigenvalue weighted by molar-refractivity contribution is 0.414. The van der Waals surface area contributed by atoms with Crippen LogP contribution >= 0.6 is 23.2 Å². The molecule has 12 heteroatoms. The number of sulfonamides is 2. The molecule has 170 valence electrons. The fraction of sp³-hybridized carbons (Fsp3) is 0.100. The highest BCUT2D eigenvalue weighted by atomic mass is 35.5. The summed E-state index contributed by atoms with van der Waals surface area (Å²) in [6.07, 6.45) is 0. The standard InChI is InChI=1S/C20H18Cl2N2O6S2/c1-29-15-7-3-13(4-8-15)23-31(25,26)16-9-5-14(6-10-16)24-32(27,28)18-12-11-17(30-2)19(21)20(18)22/h3-12,23-24H,1-2H3. The van der Waals surface area contributed by atoms with E-state index in [2.05, 4.69) is 9.44 Å². The molecule has 0 saturated heterocycles. The van der Waals surface area contributed by atoms with Gasteiger partial charge in [-0.2, -0.15) is 0 Å². The second kappa shape index (κ2) is 9.45. The van der Waals surface area contributed by atoms with Gasteiger partial charge in [0.15, 0.2) is 0 Å². The molecule has 8 nitrogen and oxygen atoms in total. The number of halogens is 2. The van der Waals surface area contributed by atoms with Crippen molar-refractivity contribution < 1.29 is 26.3 Å². The van der Waals surface area contributed by atoms with E-state index in [0.717, 1.165) is 0 Å². The lowest BCUT2D eigenvalue weighted by atomic mass is 10.3.